The molecule has 1 aromatic rings. The van der Waals surface area contributed by atoms with Crippen LogP contribution in [0.4, 0.5) is 0 Å². The number of carbonyl (C=O) groups excluding carboxylic acids is 2. The number of nitrogens with one attached hydrogen (secondary N) is 1. The first-order valence-electron chi connectivity index (χ1n) is 10.1. The van der Waals surface area contributed by atoms with Crippen molar-refractivity contribution in [2.45, 2.75) is 57.2 Å². The van der Waals surface area contributed by atoms with Gasteiger partial charge in [-0.3, -0.25) is 9.59 Å². The number of terminal acetylenes is 1. The van der Waals surface area contributed by atoms with Crippen LogP contribution in [0.3, 0.4) is 0 Å². The summed E-state index contributed by atoms with van der Waals surface area (Å²) in [4.78, 5) is 27.0. The molecule has 3 rings (SSSR count). The molecule has 2 aliphatic rings. The van der Waals surface area contributed by atoms with Gasteiger partial charge in [0.2, 0.25) is 11.8 Å². The molecule has 7 heteroatoms. The number of nitrogens with zero attached hydrogens (tertiary/aromatic N) is 3. The lowest BCUT2D eigenvalue weighted by atomic mass is 9.90. The zero-order chi connectivity index (χ0) is 20.9. The van der Waals surface area contributed by atoms with Crippen LogP contribution >= 0.6 is 0 Å². The molecule has 29 heavy (non-hydrogen) atoms. The monoisotopic (exact) mass is 396 g/mol. The number of phenols is 1. The standard InChI is InChI=1S/C22H28N4O3/c1-3-4-10-22(24-25-22)11-12-23-21(29)18-9-13-26(16(2)14-18)20(28)15-17-5-7-19(27)8-6-17/h1,5-8,16,18,27H,4,9-15H2,2H3,(H,23,29)/t16-,18-/m1/s1. The molecule has 2 heterocycles. The number of carbonyl (C=O) groups is 2. The van der Waals surface area contributed by atoms with Crippen LogP contribution in [0.25, 0.3) is 0 Å². The van der Waals surface area contributed by atoms with Gasteiger partial charge in [-0.25, -0.2) is 0 Å². The van der Waals surface area contributed by atoms with E-state index in [1.807, 2.05) is 11.8 Å². The molecule has 0 unspecified atom stereocenters. The van der Waals surface area contributed by atoms with Gasteiger partial charge in [0.15, 0.2) is 5.66 Å². The van der Waals surface area contributed by atoms with E-state index in [2.05, 4.69) is 21.5 Å². The van der Waals surface area contributed by atoms with E-state index >= 15 is 0 Å². The third-order valence-corrected chi connectivity index (χ3v) is 5.74. The summed E-state index contributed by atoms with van der Waals surface area (Å²) in [6.07, 6.45) is 8.96. The first-order valence-corrected chi connectivity index (χ1v) is 10.1. The summed E-state index contributed by atoms with van der Waals surface area (Å²) in [7, 11) is 0. The second-order valence-electron chi connectivity index (χ2n) is 7.93. The van der Waals surface area contributed by atoms with Crippen molar-refractivity contribution in [2.75, 3.05) is 13.1 Å². The zero-order valence-electron chi connectivity index (χ0n) is 16.8. The molecular formula is C22H28N4O3. The Kier molecular flexibility index (Phi) is 6.53. The van der Waals surface area contributed by atoms with Crippen LogP contribution in [-0.4, -0.2) is 46.6 Å². The van der Waals surface area contributed by atoms with Gasteiger partial charge < -0.3 is 15.3 Å². The van der Waals surface area contributed by atoms with Crippen LogP contribution in [0.15, 0.2) is 34.5 Å². The van der Waals surface area contributed by atoms with Crippen LogP contribution in [0.2, 0.25) is 0 Å². The Morgan fingerprint density at radius 3 is 2.66 bits per heavy atom. The van der Waals surface area contributed by atoms with Gasteiger partial charge in [0.1, 0.15) is 5.75 Å². The largest absolute Gasteiger partial charge is 0.508 e. The Morgan fingerprint density at radius 2 is 2.03 bits per heavy atom. The number of rotatable bonds is 8. The van der Waals surface area contributed by atoms with Crippen molar-refractivity contribution in [3.63, 3.8) is 0 Å². The molecule has 0 aromatic heterocycles. The van der Waals surface area contributed by atoms with Gasteiger partial charge in [0.05, 0.1) is 6.42 Å². The van der Waals surface area contributed by atoms with Crippen molar-refractivity contribution in [1.82, 2.24) is 10.2 Å². The molecule has 0 saturated carbocycles. The number of phenolic OH excluding ortho intramolecular Hbond substituents is 1. The van der Waals surface area contributed by atoms with E-state index in [9.17, 15) is 14.7 Å². The molecule has 2 N–H and O–H groups in total. The predicted molar refractivity (Wildman–Crippen MR) is 109 cm³/mol. The number of likely N-dealkylation sites (tertiary alicyclic amines) is 1. The molecule has 2 amide bonds. The Bertz CT molecular complexity index is 806. The van der Waals surface area contributed by atoms with E-state index in [1.165, 1.54) is 0 Å². The Hall–Kier alpha value is -2.88. The summed E-state index contributed by atoms with van der Waals surface area (Å²) in [6, 6.07) is 6.70. The van der Waals surface area contributed by atoms with Crippen molar-refractivity contribution < 1.29 is 14.7 Å². The Balaban J connectivity index is 1.42. The first kappa shape index (κ1) is 20.8. The van der Waals surface area contributed by atoms with Crippen LogP contribution in [0.1, 0.15) is 44.6 Å². The third kappa shape index (κ3) is 5.57. The minimum absolute atomic E-state index is 0.0134. The molecule has 0 aliphatic carbocycles. The lowest BCUT2D eigenvalue weighted by Crippen LogP contribution is -2.48. The molecule has 1 aromatic carbocycles. The van der Waals surface area contributed by atoms with E-state index in [0.29, 0.717) is 45.2 Å². The fourth-order valence-corrected chi connectivity index (χ4v) is 3.87. The molecular weight excluding hydrogens is 368 g/mol. The highest BCUT2D eigenvalue weighted by molar-refractivity contribution is 5.81. The number of piperidine rings is 1. The van der Waals surface area contributed by atoms with Crippen molar-refractivity contribution >= 4 is 11.8 Å². The maximum absolute atomic E-state index is 12.6. The van der Waals surface area contributed by atoms with E-state index in [-0.39, 0.29) is 35.2 Å². The van der Waals surface area contributed by atoms with E-state index in [1.54, 1.807) is 24.3 Å². The second-order valence-corrected chi connectivity index (χ2v) is 7.93. The van der Waals surface area contributed by atoms with Crippen LogP contribution in [0.5, 0.6) is 5.75 Å². The lowest BCUT2D eigenvalue weighted by Gasteiger charge is -2.37. The van der Waals surface area contributed by atoms with Gasteiger partial charge >= 0.3 is 0 Å². The summed E-state index contributed by atoms with van der Waals surface area (Å²) in [6.45, 7) is 3.10. The topological polar surface area (TPSA) is 94.4 Å². The van der Waals surface area contributed by atoms with Gasteiger partial charge in [-0.1, -0.05) is 12.1 Å². The summed E-state index contributed by atoms with van der Waals surface area (Å²) >= 11 is 0. The molecule has 1 fully saturated rings. The van der Waals surface area contributed by atoms with Gasteiger partial charge in [-0.05, 0) is 37.5 Å². The number of aromatic hydroxyl groups is 1. The number of amides is 2. The first-order chi connectivity index (χ1) is 13.9. The number of hydrogen-bond donors (Lipinski definition) is 2. The summed E-state index contributed by atoms with van der Waals surface area (Å²) in [5, 5.41) is 20.5. The SMILES string of the molecule is C#CCCC1(CCNC(=O)[C@@H]2CCN(C(=O)Cc3ccc(O)cc3)[C@H](C)C2)N=N1. The molecule has 0 radical (unpaired) electrons. The van der Waals surface area contributed by atoms with Gasteiger partial charge in [0, 0.05) is 44.3 Å². The zero-order valence-corrected chi connectivity index (χ0v) is 16.8. The van der Waals surface area contributed by atoms with E-state index in [0.717, 1.165) is 12.0 Å². The van der Waals surface area contributed by atoms with Crippen LogP contribution < -0.4 is 5.32 Å². The molecule has 2 aliphatic heterocycles. The second kappa shape index (κ2) is 9.08. The Labute approximate surface area is 171 Å². The molecule has 7 nitrogen and oxygen atoms in total. The number of hydrogen-bond acceptors (Lipinski definition) is 5. The van der Waals surface area contributed by atoms with E-state index < -0.39 is 0 Å². The van der Waals surface area contributed by atoms with Crippen LogP contribution in [-0.2, 0) is 16.0 Å². The average Bonchev–Trinajstić information content (AvgIpc) is 3.48. The van der Waals surface area contributed by atoms with Crippen molar-refractivity contribution in [3.8, 4) is 18.1 Å². The van der Waals surface area contributed by atoms with Crippen molar-refractivity contribution in [1.29, 1.82) is 0 Å². The third-order valence-electron chi connectivity index (χ3n) is 5.74. The highest BCUT2D eigenvalue weighted by Gasteiger charge is 2.39. The quantitative estimate of drug-likeness (QED) is 0.662. The smallest absolute Gasteiger partial charge is 0.227 e. The van der Waals surface area contributed by atoms with Gasteiger partial charge in [-0.15, -0.1) is 12.3 Å². The highest BCUT2D eigenvalue weighted by atomic mass is 16.3. The molecule has 0 spiro atoms. The van der Waals surface area contributed by atoms with Crippen molar-refractivity contribution in [3.05, 3.63) is 29.8 Å². The van der Waals surface area contributed by atoms with Gasteiger partial charge in [-0.2, -0.15) is 10.2 Å². The lowest BCUT2D eigenvalue weighted by molar-refractivity contribution is -0.137. The maximum atomic E-state index is 12.6. The normalized spacial score (nSPS) is 22.0. The van der Waals surface area contributed by atoms with Crippen LogP contribution in [0, 0.1) is 18.3 Å². The minimum atomic E-state index is -0.378. The number of benzene rings is 1. The minimum Gasteiger partial charge on any atom is -0.508 e. The molecule has 154 valence electrons. The van der Waals surface area contributed by atoms with Gasteiger partial charge in [0.25, 0.3) is 0 Å². The fourth-order valence-electron chi connectivity index (χ4n) is 3.87. The fraction of sp³-hybridized carbons (Fsp3) is 0.545. The highest BCUT2D eigenvalue weighted by Crippen LogP contribution is 2.36. The average molecular weight is 396 g/mol. The molecule has 0 bridgehead atoms. The van der Waals surface area contributed by atoms with Crippen molar-refractivity contribution in [2.24, 2.45) is 16.1 Å². The summed E-state index contributed by atoms with van der Waals surface area (Å²) in [5.74, 6) is 2.79. The summed E-state index contributed by atoms with van der Waals surface area (Å²) < 4.78 is 0. The predicted octanol–water partition coefficient (Wildman–Crippen LogP) is 2.64. The maximum Gasteiger partial charge on any atom is 0.227 e. The molecule has 2 atom stereocenters. The van der Waals surface area contributed by atoms with E-state index in [4.69, 9.17) is 6.42 Å². The Morgan fingerprint density at radius 1 is 1.31 bits per heavy atom. The molecule has 1 saturated heterocycles. The summed E-state index contributed by atoms with van der Waals surface area (Å²) in [5.41, 5.74) is 0.492.